The first-order valence-electron chi connectivity index (χ1n) is 8.14. The molecule has 0 N–H and O–H groups in total. The summed E-state index contributed by atoms with van der Waals surface area (Å²) in [6.45, 7) is 0. The lowest BCUT2D eigenvalue weighted by molar-refractivity contribution is 0.409. The van der Waals surface area contributed by atoms with Gasteiger partial charge in [0.2, 0.25) is 0 Å². The lowest BCUT2D eigenvalue weighted by Crippen LogP contribution is -2.06. The molecule has 0 amide bonds. The minimum atomic E-state index is 0.380. The summed E-state index contributed by atoms with van der Waals surface area (Å²) in [6.07, 6.45) is 1.99. The molecule has 0 saturated carbocycles. The number of ether oxygens (including phenoxy) is 1. The van der Waals surface area contributed by atoms with E-state index in [4.69, 9.17) is 4.74 Å². The summed E-state index contributed by atoms with van der Waals surface area (Å²) in [6, 6.07) is 26.1. The molecule has 0 fully saturated rings. The van der Waals surface area contributed by atoms with Crippen LogP contribution in [0.3, 0.4) is 0 Å². The van der Waals surface area contributed by atoms with Crippen molar-refractivity contribution in [2.24, 2.45) is 0 Å². The van der Waals surface area contributed by atoms with E-state index in [0.29, 0.717) is 5.92 Å². The van der Waals surface area contributed by atoms with Gasteiger partial charge in [-0.15, -0.1) is 0 Å². The fourth-order valence-corrected chi connectivity index (χ4v) is 3.72. The van der Waals surface area contributed by atoms with Gasteiger partial charge in [-0.2, -0.15) is 0 Å². The number of rotatable bonds is 2. The Kier molecular flexibility index (Phi) is 3.63. The lowest BCUT2D eigenvalue weighted by atomic mass is 9.85. The second kappa shape index (κ2) is 5.92. The molecule has 1 heteroatoms. The largest absolute Gasteiger partial charge is 0.496 e. The highest BCUT2D eigenvalue weighted by atomic mass is 16.5. The standard InChI is InChI=1S/C22H20O/c1-23-22-13-7-12-19-20(16-8-3-2-4-9-16)14-17-10-5-6-11-18(17)15-21(19)22/h2-13,20H,14-15H2,1H3. The zero-order valence-corrected chi connectivity index (χ0v) is 13.3. The first-order valence-corrected chi connectivity index (χ1v) is 8.14. The van der Waals surface area contributed by atoms with Gasteiger partial charge in [-0.25, -0.2) is 0 Å². The van der Waals surface area contributed by atoms with Gasteiger partial charge in [-0.05, 0) is 34.7 Å². The van der Waals surface area contributed by atoms with Gasteiger partial charge in [0.1, 0.15) is 5.75 Å². The summed E-state index contributed by atoms with van der Waals surface area (Å²) >= 11 is 0. The van der Waals surface area contributed by atoms with Crippen molar-refractivity contribution in [2.45, 2.75) is 18.8 Å². The zero-order chi connectivity index (χ0) is 15.6. The molecule has 0 saturated heterocycles. The molecule has 3 aromatic carbocycles. The van der Waals surface area contributed by atoms with E-state index in [1.54, 1.807) is 7.11 Å². The van der Waals surface area contributed by atoms with Crippen molar-refractivity contribution in [3.8, 4) is 5.75 Å². The maximum atomic E-state index is 5.67. The van der Waals surface area contributed by atoms with Crippen LogP contribution in [0.2, 0.25) is 0 Å². The first kappa shape index (κ1) is 14.1. The van der Waals surface area contributed by atoms with Crippen LogP contribution in [0.1, 0.15) is 33.7 Å². The summed E-state index contributed by atoms with van der Waals surface area (Å²) in [7, 11) is 1.77. The van der Waals surface area contributed by atoms with Crippen LogP contribution in [0.5, 0.6) is 5.75 Å². The van der Waals surface area contributed by atoms with E-state index in [1.807, 2.05) is 0 Å². The lowest BCUT2D eigenvalue weighted by Gasteiger charge is -2.20. The molecule has 0 aromatic heterocycles. The molecule has 0 aliphatic heterocycles. The van der Waals surface area contributed by atoms with Gasteiger partial charge in [0.05, 0.1) is 7.11 Å². The average molecular weight is 300 g/mol. The normalized spacial score (nSPS) is 16.1. The molecular weight excluding hydrogens is 280 g/mol. The summed E-state index contributed by atoms with van der Waals surface area (Å²) < 4.78 is 5.67. The Balaban J connectivity index is 1.94. The van der Waals surface area contributed by atoms with Gasteiger partial charge in [-0.1, -0.05) is 66.7 Å². The van der Waals surface area contributed by atoms with Crippen LogP contribution in [0, 0.1) is 0 Å². The number of fused-ring (bicyclic) bond motifs is 2. The van der Waals surface area contributed by atoms with Crippen molar-refractivity contribution in [1.82, 2.24) is 0 Å². The van der Waals surface area contributed by atoms with Crippen LogP contribution < -0.4 is 4.74 Å². The van der Waals surface area contributed by atoms with E-state index in [1.165, 1.54) is 27.8 Å². The van der Waals surface area contributed by atoms with Crippen LogP contribution >= 0.6 is 0 Å². The van der Waals surface area contributed by atoms with E-state index < -0.39 is 0 Å². The van der Waals surface area contributed by atoms with Gasteiger partial charge in [0.25, 0.3) is 0 Å². The SMILES string of the molecule is COc1cccc2c1Cc1ccccc1CC2c1ccccc1. The van der Waals surface area contributed by atoms with E-state index in [2.05, 4.69) is 72.8 Å². The van der Waals surface area contributed by atoms with Crippen molar-refractivity contribution in [1.29, 1.82) is 0 Å². The highest BCUT2D eigenvalue weighted by Gasteiger charge is 2.25. The number of benzene rings is 3. The third-order valence-corrected chi connectivity index (χ3v) is 4.88. The summed E-state index contributed by atoms with van der Waals surface area (Å²) in [4.78, 5) is 0. The summed E-state index contributed by atoms with van der Waals surface area (Å²) in [5, 5.41) is 0. The second-order valence-electron chi connectivity index (χ2n) is 6.14. The van der Waals surface area contributed by atoms with Gasteiger partial charge >= 0.3 is 0 Å². The van der Waals surface area contributed by atoms with Crippen molar-refractivity contribution in [2.75, 3.05) is 7.11 Å². The third kappa shape index (κ3) is 2.53. The minimum absolute atomic E-state index is 0.380. The van der Waals surface area contributed by atoms with E-state index in [9.17, 15) is 0 Å². The van der Waals surface area contributed by atoms with Crippen LogP contribution in [-0.2, 0) is 12.8 Å². The minimum Gasteiger partial charge on any atom is -0.496 e. The molecule has 23 heavy (non-hydrogen) atoms. The summed E-state index contributed by atoms with van der Waals surface area (Å²) in [5.74, 6) is 1.38. The Morgan fingerprint density at radius 2 is 1.52 bits per heavy atom. The molecule has 1 nitrogen and oxygen atoms in total. The van der Waals surface area contributed by atoms with Crippen molar-refractivity contribution < 1.29 is 4.74 Å². The van der Waals surface area contributed by atoms with Crippen LogP contribution in [0.4, 0.5) is 0 Å². The maximum Gasteiger partial charge on any atom is 0.122 e. The number of hydrogen-bond acceptors (Lipinski definition) is 1. The second-order valence-corrected chi connectivity index (χ2v) is 6.14. The fraction of sp³-hybridized carbons (Fsp3) is 0.182. The quantitative estimate of drug-likeness (QED) is 0.649. The molecular formula is C22H20O. The van der Waals surface area contributed by atoms with Gasteiger partial charge in [0.15, 0.2) is 0 Å². The third-order valence-electron chi connectivity index (χ3n) is 4.88. The Morgan fingerprint density at radius 1 is 0.783 bits per heavy atom. The van der Waals surface area contributed by atoms with Gasteiger partial charge in [-0.3, -0.25) is 0 Å². The average Bonchev–Trinajstić information content (AvgIpc) is 2.79. The topological polar surface area (TPSA) is 9.23 Å². The van der Waals surface area contributed by atoms with E-state index in [-0.39, 0.29) is 0 Å². The van der Waals surface area contributed by atoms with Crippen molar-refractivity contribution in [3.05, 3.63) is 101 Å². The van der Waals surface area contributed by atoms with Crippen LogP contribution in [0.25, 0.3) is 0 Å². The van der Waals surface area contributed by atoms with Crippen molar-refractivity contribution in [3.63, 3.8) is 0 Å². The van der Waals surface area contributed by atoms with Gasteiger partial charge < -0.3 is 4.74 Å². The molecule has 3 aromatic rings. The summed E-state index contributed by atoms with van der Waals surface area (Å²) in [5.41, 5.74) is 6.95. The smallest absolute Gasteiger partial charge is 0.122 e. The molecule has 114 valence electrons. The molecule has 1 unspecified atom stereocenters. The Bertz CT molecular complexity index is 820. The Morgan fingerprint density at radius 3 is 2.30 bits per heavy atom. The molecule has 0 radical (unpaired) electrons. The van der Waals surface area contributed by atoms with Crippen LogP contribution in [0.15, 0.2) is 72.8 Å². The number of methoxy groups -OCH3 is 1. The highest BCUT2D eigenvalue weighted by Crippen LogP contribution is 2.39. The molecule has 1 aliphatic carbocycles. The number of hydrogen-bond donors (Lipinski definition) is 0. The van der Waals surface area contributed by atoms with Crippen molar-refractivity contribution >= 4 is 0 Å². The first-order chi connectivity index (χ1) is 11.4. The van der Waals surface area contributed by atoms with Gasteiger partial charge in [0, 0.05) is 17.9 Å². The molecule has 1 atom stereocenters. The van der Waals surface area contributed by atoms with Crippen LogP contribution in [-0.4, -0.2) is 7.11 Å². The molecule has 0 heterocycles. The predicted octanol–water partition coefficient (Wildman–Crippen LogP) is 4.97. The van der Waals surface area contributed by atoms with E-state index in [0.717, 1.165) is 18.6 Å². The monoisotopic (exact) mass is 300 g/mol. The molecule has 4 rings (SSSR count). The maximum absolute atomic E-state index is 5.67. The zero-order valence-electron chi connectivity index (χ0n) is 13.3. The van der Waals surface area contributed by atoms with E-state index >= 15 is 0 Å². The highest BCUT2D eigenvalue weighted by molar-refractivity contribution is 5.52. The molecule has 1 aliphatic rings. The molecule has 0 spiro atoms. The fourth-order valence-electron chi connectivity index (χ4n) is 3.72. The Labute approximate surface area is 137 Å². The molecule has 0 bridgehead atoms. The predicted molar refractivity (Wildman–Crippen MR) is 94.2 cm³/mol. The Hall–Kier alpha value is -2.54.